The summed E-state index contributed by atoms with van der Waals surface area (Å²) in [4.78, 5) is 4.20. The van der Waals surface area contributed by atoms with Gasteiger partial charge >= 0.3 is 0 Å². The van der Waals surface area contributed by atoms with Gasteiger partial charge in [-0.05, 0) is 48.0 Å². The molecule has 5 nitrogen and oxygen atoms in total. The van der Waals surface area contributed by atoms with Gasteiger partial charge in [0.1, 0.15) is 5.03 Å². The summed E-state index contributed by atoms with van der Waals surface area (Å²) < 4.78 is 16.0. The Morgan fingerprint density at radius 3 is 2.31 bits per heavy atom. The van der Waals surface area contributed by atoms with Gasteiger partial charge in [-0.1, -0.05) is 23.2 Å². The van der Waals surface area contributed by atoms with Crippen LogP contribution in [0.25, 0.3) is 22.4 Å². The standard InChI is InChI=1S/C19H15Cl2NO4/c1-24-15-8-11(9-16(25-2)18(15)23)7-14(21)19-22-10-17(26-19)12-3-5-13(20)6-4-12/h3-10,23H,1-2H3/b14-7-. The molecule has 0 bridgehead atoms. The Hall–Kier alpha value is -2.63. The lowest BCUT2D eigenvalue weighted by atomic mass is 10.1. The number of nitrogens with zero attached hydrogens (tertiary/aromatic N) is 1. The number of halogens is 2. The van der Waals surface area contributed by atoms with Crippen LogP contribution in [0.15, 0.2) is 47.0 Å². The van der Waals surface area contributed by atoms with Crippen molar-refractivity contribution in [2.24, 2.45) is 0 Å². The Labute approximate surface area is 160 Å². The van der Waals surface area contributed by atoms with Crippen LogP contribution in [0.3, 0.4) is 0 Å². The Morgan fingerprint density at radius 1 is 1.12 bits per heavy atom. The topological polar surface area (TPSA) is 64.7 Å². The Balaban J connectivity index is 1.92. The first kappa shape index (κ1) is 18.2. The van der Waals surface area contributed by atoms with E-state index < -0.39 is 0 Å². The molecule has 1 N–H and O–H groups in total. The number of phenolic OH excluding ortho intramolecular Hbond substituents is 1. The van der Waals surface area contributed by atoms with Crippen molar-refractivity contribution in [1.29, 1.82) is 0 Å². The summed E-state index contributed by atoms with van der Waals surface area (Å²) in [5.41, 5.74) is 1.50. The number of methoxy groups -OCH3 is 2. The molecule has 0 saturated carbocycles. The SMILES string of the molecule is COc1cc(/C=C(\Cl)c2ncc(-c3ccc(Cl)cc3)o2)cc(OC)c1O. The molecular weight excluding hydrogens is 377 g/mol. The van der Waals surface area contributed by atoms with Crippen LogP contribution < -0.4 is 9.47 Å². The maximum atomic E-state index is 9.97. The fourth-order valence-corrected chi connectivity index (χ4v) is 2.68. The smallest absolute Gasteiger partial charge is 0.238 e. The van der Waals surface area contributed by atoms with Gasteiger partial charge < -0.3 is 19.0 Å². The summed E-state index contributed by atoms with van der Waals surface area (Å²) in [7, 11) is 2.91. The van der Waals surface area contributed by atoms with E-state index in [1.807, 2.05) is 12.1 Å². The minimum atomic E-state index is -0.0792. The first-order valence-electron chi connectivity index (χ1n) is 7.56. The molecule has 0 aliphatic rings. The summed E-state index contributed by atoms with van der Waals surface area (Å²) in [6, 6.07) is 10.5. The molecule has 0 radical (unpaired) electrons. The fraction of sp³-hybridized carbons (Fsp3) is 0.105. The van der Waals surface area contributed by atoms with Gasteiger partial charge in [-0.3, -0.25) is 0 Å². The minimum absolute atomic E-state index is 0.0792. The number of hydrogen-bond donors (Lipinski definition) is 1. The number of phenols is 1. The van der Waals surface area contributed by atoms with Crippen LogP contribution in [-0.4, -0.2) is 24.3 Å². The van der Waals surface area contributed by atoms with Gasteiger partial charge in [0, 0.05) is 10.6 Å². The average molecular weight is 392 g/mol. The summed E-state index contributed by atoms with van der Waals surface area (Å²) in [5.74, 6) is 1.31. The lowest BCUT2D eigenvalue weighted by Crippen LogP contribution is -1.90. The number of benzene rings is 2. The van der Waals surface area contributed by atoms with Crippen LogP contribution in [0, 0.1) is 0 Å². The molecule has 0 aliphatic heterocycles. The van der Waals surface area contributed by atoms with Crippen molar-refractivity contribution in [2.45, 2.75) is 0 Å². The fourth-order valence-electron chi connectivity index (χ4n) is 2.34. The van der Waals surface area contributed by atoms with E-state index in [1.165, 1.54) is 14.2 Å². The second-order valence-corrected chi connectivity index (χ2v) is 6.15. The molecule has 2 aromatic carbocycles. The van der Waals surface area contributed by atoms with E-state index >= 15 is 0 Å². The normalized spacial score (nSPS) is 11.5. The van der Waals surface area contributed by atoms with Crippen LogP contribution in [0.4, 0.5) is 0 Å². The number of aromatic nitrogens is 1. The molecule has 0 amide bonds. The third kappa shape index (κ3) is 3.79. The van der Waals surface area contributed by atoms with Gasteiger partial charge in [0.25, 0.3) is 0 Å². The molecule has 0 saturated heterocycles. The molecule has 7 heteroatoms. The van der Waals surface area contributed by atoms with Crippen molar-refractivity contribution < 1.29 is 19.0 Å². The van der Waals surface area contributed by atoms with Gasteiger partial charge in [-0.15, -0.1) is 0 Å². The molecule has 26 heavy (non-hydrogen) atoms. The summed E-state index contributed by atoms with van der Waals surface area (Å²) in [6.07, 6.45) is 3.23. The Kier molecular flexibility index (Phi) is 5.40. The van der Waals surface area contributed by atoms with Crippen molar-refractivity contribution in [3.05, 3.63) is 59.1 Å². The van der Waals surface area contributed by atoms with Crippen LogP contribution in [0.1, 0.15) is 11.5 Å². The van der Waals surface area contributed by atoms with Crippen LogP contribution in [-0.2, 0) is 0 Å². The molecule has 3 aromatic rings. The number of ether oxygens (including phenoxy) is 2. The largest absolute Gasteiger partial charge is 0.502 e. The van der Waals surface area contributed by atoms with Crippen molar-refractivity contribution in [3.63, 3.8) is 0 Å². The van der Waals surface area contributed by atoms with Gasteiger partial charge in [0.2, 0.25) is 11.6 Å². The van der Waals surface area contributed by atoms with Crippen LogP contribution in [0.2, 0.25) is 5.02 Å². The number of hydrogen-bond acceptors (Lipinski definition) is 5. The molecule has 1 aromatic heterocycles. The highest BCUT2D eigenvalue weighted by Crippen LogP contribution is 2.38. The third-order valence-corrected chi connectivity index (χ3v) is 4.16. The van der Waals surface area contributed by atoms with Crippen molar-refractivity contribution in [2.75, 3.05) is 14.2 Å². The van der Waals surface area contributed by atoms with Crippen molar-refractivity contribution >= 4 is 34.3 Å². The molecule has 0 aliphatic carbocycles. The Morgan fingerprint density at radius 2 is 1.73 bits per heavy atom. The zero-order valence-corrected chi connectivity index (χ0v) is 15.5. The molecule has 0 fully saturated rings. The number of oxazole rings is 1. The van der Waals surface area contributed by atoms with E-state index in [0.29, 0.717) is 21.4 Å². The van der Waals surface area contributed by atoms with Crippen molar-refractivity contribution in [1.82, 2.24) is 4.98 Å². The highest BCUT2D eigenvalue weighted by molar-refractivity contribution is 6.50. The lowest BCUT2D eigenvalue weighted by Gasteiger charge is -2.09. The van der Waals surface area contributed by atoms with Gasteiger partial charge in [-0.2, -0.15) is 0 Å². The van der Waals surface area contributed by atoms with Gasteiger partial charge in [-0.25, -0.2) is 4.98 Å². The second-order valence-electron chi connectivity index (χ2n) is 5.30. The highest BCUT2D eigenvalue weighted by Gasteiger charge is 2.13. The highest BCUT2D eigenvalue weighted by atomic mass is 35.5. The zero-order chi connectivity index (χ0) is 18.7. The van der Waals surface area contributed by atoms with E-state index in [-0.39, 0.29) is 23.1 Å². The lowest BCUT2D eigenvalue weighted by molar-refractivity contribution is 0.340. The molecule has 3 rings (SSSR count). The number of aromatic hydroxyl groups is 1. The van der Waals surface area contributed by atoms with Crippen LogP contribution >= 0.6 is 23.2 Å². The quantitative estimate of drug-likeness (QED) is 0.625. The van der Waals surface area contributed by atoms with Crippen molar-refractivity contribution in [3.8, 4) is 28.6 Å². The summed E-state index contributed by atoms with van der Waals surface area (Å²) in [6.45, 7) is 0. The Bertz CT molecular complexity index is 923. The first-order chi connectivity index (χ1) is 12.5. The third-order valence-electron chi connectivity index (χ3n) is 3.63. The van der Waals surface area contributed by atoms with E-state index in [1.54, 1.807) is 36.5 Å². The summed E-state index contributed by atoms with van der Waals surface area (Å²) >= 11 is 12.2. The van der Waals surface area contributed by atoms with Gasteiger partial charge in [0.05, 0.1) is 20.4 Å². The van der Waals surface area contributed by atoms with Gasteiger partial charge in [0.15, 0.2) is 17.3 Å². The number of rotatable bonds is 5. The first-order valence-corrected chi connectivity index (χ1v) is 8.31. The summed E-state index contributed by atoms with van der Waals surface area (Å²) in [5, 5.41) is 10.9. The van der Waals surface area contributed by atoms with Crippen LogP contribution in [0.5, 0.6) is 17.2 Å². The monoisotopic (exact) mass is 391 g/mol. The molecule has 0 unspecified atom stereocenters. The average Bonchev–Trinajstić information content (AvgIpc) is 3.13. The van der Waals surface area contributed by atoms with E-state index in [0.717, 1.165) is 5.56 Å². The minimum Gasteiger partial charge on any atom is -0.502 e. The van der Waals surface area contributed by atoms with E-state index in [2.05, 4.69) is 4.98 Å². The molecular formula is C19H15Cl2NO4. The second kappa shape index (κ2) is 7.72. The molecule has 0 spiro atoms. The van der Waals surface area contributed by atoms with E-state index in [9.17, 15) is 5.11 Å². The molecule has 1 heterocycles. The zero-order valence-electron chi connectivity index (χ0n) is 14.0. The maximum absolute atomic E-state index is 9.97. The molecule has 0 atom stereocenters. The molecule has 134 valence electrons. The maximum Gasteiger partial charge on any atom is 0.238 e. The predicted molar refractivity (Wildman–Crippen MR) is 102 cm³/mol. The van der Waals surface area contributed by atoms with E-state index in [4.69, 9.17) is 37.1 Å². The predicted octanol–water partition coefficient (Wildman–Crippen LogP) is 5.45.